The lowest BCUT2D eigenvalue weighted by Gasteiger charge is -1.98. The lowest BCUT2D eigenvalue weighted by Crippen LogP contribution is -1.87. The Kier molecular flexibility index (Phi) is 5.72. The van der Waals surface area contributed by atoms with Crippen LogP contribution in [0, 0.1) is 17.7 Å². The van der Waals surface area contributed by atoms with E-state index in [1.807, 2.05) is 18.2 Å². The minimum Gasteiger partial charge on any atom is -0.298 e. The molecule has 2 heteroatoms. The third-order valence-corrected chi connectivity index (χ3v) is 3.21. The summed E-state index contributed by atoms with van der Waals surface area (Å²) in [7, 11) is 0. The Balaban J connectivity index is 1.78. The Hall–Kier alpha value is -2.40. The van der Waals surface area contributed by atoms with Crippen LogP contribution in [-0.2, 0) is 6.42 Å². The van der Waals surface area contributed by atoms with Gasteiger partial charge in [-0.25, -0.2) is 4.39 Å². The number of aryl methyl sites for hydroxylation is 1. The third kappa shape index (κ3) is 4.89. The second kappa shape index (κ2) is 8.01. The lowest BCUT2D eigenvalue weighted by molar-refractivity contribution is 0.112. The van der Waals surface area contributed by atoms with E-state index in [1.165, 1.54) is 11.6 Å². The summed E-state index contributed by atoms with van der Waals surface area (Å²) >= 11 is 0. The molecule has 1 nitrogen and oxygen atoms in total. The number of rotatable bonds is 5. The number of unbranched alkanes of at least 4 members (excludes halogenated alkanes) is 2. The topological polar surface area (TPSA) is 17.1 Å². The molecule has 2 rings (SSSR count). The van der Waals surface area contributed by atoms with Gasteiger partial charge in [-0.1, -0.05) is 48.2 Å². The van der Waals surface area contributed by atoms with Crippen molar-refractivity contribution in [1.29, 1.82) is 0 Å². The average molecular weight is 280 g/mol. The van der Waals surface area contributed by atoms with Gasteiger partial charge in [0.25, 0.3) is 0 Å². The first-order valence-corrected chi connectivity index (χ1v) is 7.07. The van der Waals surface area contributed by atoms with Crippen molar-refractivity contribution in [2.45, 2.75) is 25.7 Å². The highest BCUT2D eigenvalue weighted by molar-refractivity contribution is 5.75. The Bertz CT molecular complexity index is 650. The predicted octanol–water partition coefficient (Wildman–Crippen LogP) is 4.40. The van der Waals surface area contributed by atoms with E-state index in [9.17, 15) is 9.18 Å². The number of carbonyl (C=O) groups is 1. The standard InChI is InChI=1S/C19H17FO/c20-19-14-17(15-21)12-13-18(19)11-7-2-1-4-8-16-9-5-3-6-10-16/h3,5-6,9-10,12-15H,1-2,4,8H2. The van der Waals surface area contributed by atoms with Crippen LogP contribution in [0.15, 0.2) is 48.5 Å². The van der Waals surface area contributed by atoms with Crippen LogP contribution in [0.4, 0.5) is 4.39 Å². The van der Waals surface area contributed by atoms with Crippen molar-refractivity contribution >= 4 is 6.29 Å². The maximum absolute atomic E-state index is 13.6. The van der Waals surface area contributed by atoms with Gasteiger partial charge in [0.15, 0.2) is 0 Å². The van der Waals surface area contributed by atoms with Crippen molar-refractivity contribution in [2.75, 3.05) is 0 Å². The van der Waals surface area contributed by atoms with Crippen molar-refractivity contribution in [1.82, 2.24) is 0 Å². The minimum atomic E-state index is -0.434. The van der Waals surface area contributed by atoms with Crippen LogP contribution >= 0.6 is 0 Å². The molecule has 2 aromatic carbocycles. The summed E-state index contributed by atoms with van der Waals surface area (Å²) in [5.74, 6) is 5.38. The van der Waals surface area contributed by atoms with Gasteiger partial charge in [-0.15, -0.1) is 0 Å². The zero-order valence-electron chi connectivity index (χ0n) is 11.8. The van der Waals surface area contributed by atoms with Gasteiger partial charge < -0.3 is 0 Å². The van der Waals surface area contributed by atoms with E-state index in [2.05, 4.69) is 24.0 Å². The molecule has 21 heavy (non-hydrogen) atoms. The molecule has 0 radical (unpaired) electrons. The first-order valence-electron chi connectivity index (χ1n) is 7.07. The molecule has 0 atom stereocenters. The summed E-state index contributed by atoms with van der Waals surface area (Å²) < 4.78 is 13.6. The number of halogens is 1. The van der Waals surface area contributed by atoms with E-state index in [0.29, 0.717) is 17.4 Å². The second-order valence-electron chi connectivity index (χ2n) is 4.85. The van der Waals surface area contributed by atoms with Crippen molar-refractivity contribution in [3.63, 3.8) is 0 Å². The molecule has 106 valence electrons. The lowest BCUT2D eigenvalue weighted by atomic mass is 10.1. The van der Waals surface area contributed by atoms with Crippen LogP contribution in [0.3, 0.4) is 0 Å². The summed E-state index contributed by atoms with van der Waals surface area (Å²) in [5, 5.41) is 0. The number of benzene rings is 2. The van der Waals surface area contributed by atoms with E-state index < -0.39 is 5.82 Å². The molecular formula is C19H17FO. The van der Waals surface area contributed by atoms with Crippen molar-refractivity contribution in [2.24, 2.45) is 0 Å². The zero-order chi connectivity index (χ0) is 14.9. The van der Waals surface area contributed by atoms with Crippen LogP contribution in [0.2, 0.25) is 0 Å². The fraction of sp³-hybridized carbons (Fsp3) is 0.211. The molecule has 0 N–H and O–H groups in total. The van der Waals surface area contributed by atoms with Gasteiger partial charge in [0.1, 0.15) is 12.1 Å². The van der Waals surface area contributed by atoms with Gasteiger partial charge in [-0.05, 0) is 37.0 Å². The molecule has 0 unspecified atom stereocenters. The maximum atomic E-state index is 13.6. The van der Waals surface area contributed by atoms with Crippen molar-refractivity contribution < 1.29 is 9.18 Å². The normalized spacial score (nSPS) is 9.76. The number of hydrogen-bond donors (Lipinski definition) is 0. The molecule has 0 heterocycles. The van der Waals surface area contributed by atoms with E-state index in [-0.39, 0.29) is 0 Å². The van der Waals surface area contributed by atoms with E-state index in [4.69, 9.17) is 0 Å². The first kappa shape index (κ1) is 15.0. The molecule has 0 aliphatic rings. The third-order valence-electron chi connectivity index (χ3n) is 3.21. The zero-order valence-corrected chi connectivity index (χ0v) is 11.8. The largest absolute Gasteiger partial charge is 0.298 e. The fourth-order valence-electron chi connectivity index (χ4n) is 2.05. The summed E-state index contributed by atoms with van der Waals surface area (Å²) in [6, 6.07) is 14.7. The van der Waals surface area contributed by atoms with E-state index in [0.717, 1.165) is 25.7 Å². The molecule has 0 bridgehead atoms. The van der Waals surface area contributed by atoms with Gasteiger partial charge in [0.05, 0.1) is 5.56 Å². The van der Waals surface area contributed by atoms with Crippen molar-refractivity contribution in [3.8, 4) is 11.8 Å². The highest BCUT2D eigenvalue weighted by Gasteiger charge is 1.99. The summed E-state index contributed by atoms with van der Waals surface area (Å²) in [6.45, 7) is 0. The van der Waals surface area contributed by atoms with Crippen LogP contribution in [-0.4, -0.2) is 6.29 Å². The van der Waals surface area contributed by atoms with Gasteiger partial charge >= 0.3 is 0 Å². The summed E-state index contributed by atoms with van der Waals surface area (Å²) in [4.78, 5) is 10.5. The Labute approximate surface area is 124 Å². The highest BCUT2D eigenvalue weighted by atomic mass is 19.1. The molecule has 0 fully saturated rings. The molecule has 0 aliphatic carbocycles. The van der Waals surface area contributed by atoms with Crippen LogP contribution in [0.5, 0.6) is 0 Å². The van der Waals surface area contributed by atoms with Crippen molar-refractivity contribution in [3.05, 3.63) is 71.0 Å². The Morgan fingerprint density at radius 2 is 1.86 bits per heavy atom. The van der Waals surface area contributed by atoms with E-state index in [1.54, 1.807) is 12.1 Å². The quantitative estimate of drug-likeness (QED) is 0.450. The molecule has 0 amide bonds. The second-order valence-corrected chi connectivity index (χ2v) is 4.85. The average Bonchev–Trinajstić information content (AvgIpc) is 2.53. The van der Waals surface area contributed by atoms with Gasteiger partial charge in [-0.2, -0.15) is 0 Å². The fourth-order valence-corrected chi connectivity index (χ4v) is 2.05. The number of carbonyl (C=O) groups excluding carboxylic acids is 1. The minimum absolute atomic E-state index is 0.334. The molecular weight excluding hydrogens is 263 g/mol. The van der Waals surface area contributed by atoms with Gasteiger partial charge in [0.2, 0.25) is 0 Å². The smallest absolute Gasteiger partial charge is 0.150 e. The van der Waals surface area contributed by atoms with Gasteiger partial charge in [0, 0.05) is 12.0 Å². The first-order chi connectivity index (χ1) is 10.3. The molecule has 0 saturated carbocycles. The molecule has 0 spiro atoms. The SMILES string of the molecule is O=Cc1ccc(C#CCCCCc2ccccc2)c(F)c1. The molecule has 2 aromatic rings. The Morgan fingerprint density at radius 3 is 2.57 bits per heavy atom. The molecule has 0 aliphatic heterocycles. The molecule has 0 aromatic heterocycles. The summed E-state index contributed by atoms with van der Waals surface area (Å²) in [6.07, 6.45) is 4.50. The maximum Gasteiger partial charge on any atom is 0.150 e. The predicted molar refractivity (Wildman–Crippen MR) is 82.7 cm³/mol. The monoisotopic (exact) mass is 280 g/mol. The molecule has 0 saturated heterocycles. The Morgan fingerprint density at radius 1 is 1.05 bits per heavy atom. The number of aldehydes is 1. The van der Waals surface area contributed by atoms with E-state index >= 15 is 0 Å². The number of hydrogen-bond acceptors (Lipinski definition) is 1. The van der Waals surface area contributed by atoms with Gasteiger partial charge in [-0.3, -0.25) is 4.79 Å². The van der Waals surface area contributed by atoms with Crippen LogP contribution in [0.1, 0.15) is 40.7 Å². The summed E-state index contributed by atoms with van der Waals surface area (Å²) in [5.41, 5.74) is 2.02. The van der Waals surface area contributed by atoms with Crippen LogP contribution in [0.25, 0.3) is 0 Å². The highest BCUT2D eigenvalue weighted by Crippen LogP contribution is 2.09. The van der Waals surface area contributed by atoms with Crippen LogP contribution < -0.4 is 0 Å².